The second-order valence-corrected chi connectivity index (χ2v) is 6.76. The van der Waals surface area contributed by atoms with Crippen molar-refractivity contribution >= 4 is 28.8 Å². The lowest BCUT2D eigenvalue weighted by Gasteiger charge is -2.27. The first-order valence-corrected chi connectivity index (χ1v) is 8.81. The van der Waals surface area contributed by atoms with E-state index >= 15 is 0 Å². The fourth-order valence-corrected chi connectivity index (χ4v) is 3.69. The Hall–Kier alpha value is -2.94. The Kier molecular flexibility index (Phi) is 5.17. The van der Waals surface area contributed by atoms with E-state index in [9.17, 15) is 19.7 Å². The quantitative estimate of drug-likeness (QED) is 0.636. The number of ether oxygens (including phenoxy) is 1. The second-order valence-electron chi connectivity index (χ2n) is 5.76. The lowest BCUT2D eigenvalue weighted by molar-refractivity contribution is -0.385. The number of amides is 2. The molecule has 1 aromatic carbocycles. The fourth-order valence-electron chi connectivity index (χ4n) is 2.81. The predicted octanol–water partition coefficient (Wildman–Crippen LogP) is 1.98. The number of carbonyl (C=O) groups is 2. The van der Waals surface area contributed by atoms with E-state index in [1.807, 2.05) is 11.4 Å². The molecular formula is C17H17N3O5S. The minimum Gasteiger partial charge on any atom is -0.490 e. The van der Waals surface area contributed by atoms with Crippen LogP contribution in [0.25, 0.3) is 0 Å². The molecule has 3 rings (SSSR count). The zero-order valence-electron chi connectivity index (χ0n) is 14.1. The van der Waals surface area contributed by atoms with Crippen LogP contribution < -0.4 is 10.1 Å². The van der Waals surface area contributed by atoms with Gasteiger partial charge in [-0.15, -0.1) is 11.3 Å². The third-order valence-electron chi connectivity index (χ3n) is 4.20. The number of hydrogen-bond donors (Lipinski definition) is 1. The minimum atomic E-state index is -0.618. The zero-order chi connectivity index (χ0) is 18.7. The van der Waals surface area contributed by atoms with Gasteiger partial charge in [-0.1, -0.05) is 0 Å². The molecule has 26 heavy (non-hydrogen) atoms. The molecule has 0 fully saturated rings. The molecule has 0 unspecified atom stereocenters. The summed E-state index contributed by atoms with van der Waals surface area (Å²) in [6.07, 6.45) is 0.817. The number of nitro benzene ring substituents is 1. The summed E-state index contributed by atoms with van der Waals surface area (Å²) in [5.74, 6) is -0.655. The molecule has 9 heteroatoms. The number of benzene rings is 1. The van der Waals surface area contributed by atoms with Crippen LogP contribution in [0.3, 0.4) is 0 Å². The number of fused-ring (bicyclic) bond motifs is 1. The van der Waals surface area contributed by atoms with Gasteiger partial charge in [0.2, 0.25) is 5.91 Å². The van der Waals surface area contributed by atoms with Crippen molar-refractivity contribution in [3.8, 4) is 5.75 Å². The number of nitro groups is 1. The van der Waals surface area contributed by atoms with Gasteiger partial charge in [0.05, 0.1) is 18.6 Å². The van der Waals surface area contributed by atoms with Crippen molar-refractivity contribution in [2.75, 3.05) is 20.2 Å². The molecule has 1 aliphatic heterocycles. The summed E-state index contributed by atoms with van der Waals surface area (Å²) in [4.78, 5) is 38.0. The third-order valence-corrected chi connectivity index (χ3v) is 5.22. The Labute approximate surface area is 153 Å². The van der Waals surface area contributed by atoms with Crippen LogP contribution in [-0.4, -0.2) is 41.8 Å². The maximum atomic E-state index is 12.3. The Morgan fingerprint density at radius 2 is 2.19 bits per heavy atom. The average Bonchev–Trinajstić information content (AvgIpc) is 3.12. The highest BCUT2D eigenvalue weighted by atomic mass is 32.1. The minimum absolute atomic E-state index is 0.0718. The molecule has 136 valence electrons. The van der Waals surface area contributed by atoms with Crippen molar-refractivity contribution in [1.82, 2.24) is 10.2 Å². The number of nitrogens with one attached hydrogen (secondary N) is 1. The van der Waals surface area contributed by atoms with E-state index in [0.29, 0.717) is 13.1 Å². The van der Waals surface area contributed by atoms with Crippen LogP contribution >= 0.6 is 11.3 Å². The molecule has 1 aliphatic rings. The summed E-state index contributed by atoms with van der Waals surface area (Å²) in [5, 5.41) is 15.6. The Balaban J connectivity index is 1.61. The van der Waals surface area contributed by atoms with Crippen molar-refractivity contribution < 1.29 is 19.2 Å². The molecule has 1 aromatic heterocycles. The highest BCUT2D eigenvalue weighted by Gasteiger charge is 2.23. The molecule has 1 N–H and O–H groups in total. The topological polar surface area (TPSA) is 102 Å². The summed E-state index contributed by atoms with van der Waals surface area (Å²) < 4.78 is 4.91. The fraction of sp³-hybridized carbons (Fsp3) is 0.294. The van der Waals surface area contributed by atoms with Crippen LogP contribution in [0.5, 0.6) is 5.75 Å². The van der Waals surface area contributed by atoms with Gasteiger partial charge < -0.3 is 15.0 Å². The molecule has 0 atom stereocenters. The molecule has 0 aliphatic carbocycles. The Morgan fingerprint density at radius 3 is 2.92 bits per heavy atom. The first kappa shape index (κ1) is 17.9. The van der Waals surface area contributed by atoms with Gasteiger partial charge in [-0.25, -0.2) is 0 Å². The Morgan fingerprint density at radius 1 is 1.38 bits per heavy atom. The predicted molar refractivity (Wildman–Crippen MR) is 95.4 cm³/mol. The van der Waals surface area contributed by atoms with E-state index in [1.165, 1.54) is 24.1 Å². The van der Waals surface area contributed by atoms with Gasteiger partial charge in [-0.3, -0.25) is 19.7 Å². The summed E-state index contributed by atoms with van der Waals surface area (Å²) in [7, 11) is 1.32. The molecule has 0 spiro atoms. The standard InChI is InChI=1S/C17H17N3O5S/c1-25-14-3-2-11(8-13(14)20(23)24)17(22)18-9-16(21)19-6-4-15-12(10-19)5-7-26-15/h2-3,5,7-8H,4,6,9-10H2,1H3,(H,18,22). The van der Waals surface area contributed by atoms with Crippen LogP contribution in [0.2, 0.25) is 0 Å². The lowest BCUT2D eigenvalue weighted by Crippen LogP contribution is -2.42. The Bertz CT molecular complexity index is 864. The number of thiophene rings is 1. The number of carbonyl (C=O) groups excluding carboxylic acids is 2. The number of methoxy groups -OCH3 is 1. The maximum Gasteiger partial charge on any atom is 0.311 e. The van der Waals surface area contributed by atoms with Crippen LogP contribution in [0.4, 0.5) is 5.69 Å². The summed E-state index contributed by atoms with van der Waals surface area (Å²) >= 11 is 1.69. The van der Waals surface area contributed by atoms with Gasteiger partial charge in [0.15, 0.2) is 5.75 Å². The molecule has 0 saturated heterocycles. The lowest BCUT2D eigenvalue weighted by atomic mass is 10.1. The maximum absolute atomic E-state index is 12.3. The van der Waals surface area contributed by atoms with Crippen molar-refractivity contribution in [1.29, 1.82) is 0 Å². The van der Waals surface area contributed by atoms with Crippen molar-refractivity contribution in [3.63, 3.8) is 0 Å². The van der Waals surface area contributed by atoms with Crippen LogP contribution in [0, 0.1) is 10.1 Å². The molecule has 0 bridgehead atoms. The number of rotatable bonds is 5. The average molecular weight is 375 g/mol. The van der Waals surface area contributed by atoms with Crippen LogP contribution in [-0.2, 0) is 17.8 Å². The van der Waals surface area contributed by atoms with Crippen molar-refractivity contribution in [2.24, 2.45) is 0 Å². The van der Waals surface area contributed by atoms with Gasteiger partial charge >= 0.3 is 5.69 Å². The monoisotopic (exact) mass is 375 g/mol. The number of nitrogens with zero attached hydrogens (tertiary/aromatic N) is 2. The summed E-state index contributed by atoms with van der Waals surface area (Å²) in [6.45, 7) is 1.01. The van der Waals surface area contributed by atoms with Crippen molar-refractivity contribution in [2.45, 2.75) is 13.0 Å². The molecular weight excluding hydrogens is 358 g/mol. The third kappa shape index (κ3) is 3.67. The van der Waals surface area contributed by atoms with E-state index in [1.54, 1.807) is 16.2 Å². The largest absolute Gasteiger partial charge is 0.490 e. The van der Waals surface area contributed by atoms with Gasteiger partial charge in [0, 0.05) is 29.6 Å². The van der Waals surface area contributed by atoms with Gasteiger partial charge in [0.1, 0.15) is 0 Å². The number of hydrogen-bond acceptors (Lipinski definition) is 6. The van der Waals surface area contributed by atoms with E-state index in [2.05, 4.69) is 5.32 Å². The molecule has 2 amide bonds. The van der Waals surface area contributed by atoms with Crippen molar-refractivity contribution in [3.05, 3.63) is 55.8 Å². The van der Waals surface area contributed by atoms with E-state index in [4.69, 9.17) is 4.74 Å². The van der Waals surface area contributed by atoms with E-state index in [0.717, 1.165) is 18.1 Å². The van der Waals surface area contributed by atoms with Crippen LogP contribution in [0.15, 0.2) is 29.6 Å². The van der Waals surface area contributed by atoms with E-state index in [-0.39, 0.29) is 29.5 Å². The normalized spacial score (nSPS) is 13.0. The van der Waals surface area contributed by atoms with E-state index < -0.39 is 10.8 Å². The van der Waals surface area contributed by atoms with Crippen LogP contribution in [0.1, 0.15) is 20.8 Å². The SMILES string of the molecule is COc1ccc(C(=O)NCC(=O)N2CCc3sccc3C2)cc1[N+](=O)[O-]. The molecule has 0 radical (unpaired) electrons. The van der Waals surface area contributed by atoms with Gasteiger partial charge in [-0.05, 0) is 35.6 Å². The van der Waals surface area contributed by atoms with Gasteiger partial charge in [0.25, 0.3) is 5.91 Å². The highest BCUT2D eigenvalue weighted by molar-refractivity contribution is 7.10. The molecule has 8 nitrogen and oxygen atoms in total. The summed E-state index contributed by atoms with van der Waals surface area (Å²) in [5.41, 5.74) is 0.947. The summed E-state index contributed by atoms with van der Waals surface area (Å²) in [6, 6.07) is 5.92. The second kappa shape index (κ2) is 7.52. The zero-order valence-corrected chi connectivity index (χ0v) is 14.9. The molecule has 2 heterocycles. The smallest absolute Gasteiger partial charge is 0.311 e. The molecule has 0 saturated carbocycles. The highest BCUT2D eigenvalue weighted by Crippen LogP contribution is 2.27. The van der Waals surface area contributed by atoms with Gasteiger partial charge in [-0.2, -0.15) is 0 Å². The molecule has 2 aromatic rings. The first-order chi connectivity index (χ1) is 12.5. The first-order valence-electron chi connectivity index (χ1n) is 7.93.